The van der Waals surface area contributed by atoms with Crippen molar-refractivity contribution >= 4 is 11.8 Å². The molecule has 1 aromatic carbocycles. The summed E-state index contributed by atoms with van der Waals surface area (Å²) in [6.45, 7) is 0.686. The predicted octanol–water partition coefficient (Wildman–Crippen LogP) is 3.47. The molecule has 0 saturated heterocycles. The number of alkyl halides is 3. The van der Waals surface area contributed by atoms with Gasteiger partial charge in [0.15, 0.2) is 0 Å². The van der Waals surface area contributed by atoms with Gasteiger partial charge >= 0.3 is 6.18 Å². The molecule has 0 heterocycles. The van der Waals surface area contributed by atoms with Crippen LogP contribution in [0.25, 0.3) is 0 Å². The average Bonchev–Trinajstić information content (AvgIpc) is 2.37. The summed E-state index contributed by atoms with van der Waals surface area (Å²) < 4.78 is 42.6. The van der Waals surface area contributed by atoms with Crippen LogP contribution in [0.15, 0.2) is 24.3 Å². The number of thioether (sulfide) groups is 1. The van der Waals surface area contributed by atoms with Crippen molar-refractivity contribution in [3.63, 3.8) is 0 Å². The van der Waals surface area contributed by atoms with Crippen molar-refractivity contribution in [3.05, 3.63) is 35.4 Å². The standard InChI is InChI=1S/C13H18F3NOS/c1-18-6-3-7-19-9-12(17)10-4-2-5-11(8-10)13(14,15)16/h2,4-5,8,12H,3,6-7,9,17H2,1H3. The first kappa shape index (κ1) is 16.3. The van der Waals surface area contributed by atoms with E-state index in [0.29, 0.717) is 17.9 Å². The van der Waals surface area contributed by atoms with Crippen molar-refractivity contribution in [3.8, 4) is 0 Å². The molecular formula is C13H18F3NOS. The van der Waals surface area contributed by atoms with Crippen molar-refractivity contribution < 1.29 is 17.9 Å². The number of benzene rings is 1. The molecule has 1 rings (SSSR count). The predicted molar refractivity (Wildman–Crippen MR) is 72.2 cm³/mol. The van der Waals surface area contributed by atoms with Gasteiger partial charge in [-0.05, 0) is 29.9 Å². The quantitative estimate of drug-likeness (QED) is 0.782. The van der Waals surface area contributed by atoms with Crippen LogP contribution in [0, 0.1) is 0 Å². The SMILES string of the molecule is COCCCSCC(N)c1cccc(C(F)(F)F)c1. The molecule has 1 aromatic rings. The summed E-state index contributed by atoms with van der Waals surface area (Å²) in [5.41, 5.74) is 5.78. The molecule has 1 atom stereocenters. The third-order valence-electron chi connectivity index (χ3n) is 2.58. The fraction of sp³-hybridized carbons (Fsp3) is 0.538. The molecular weight excluding hydrogens is 275 g/mol. The molecule has 0 amide bonds. The van der Waals surface area contributed by atoms with E-state index < -0.39 is 11.7 Å². The fourth-order valence-electron chi connectivity index (χ4n) is 1.56. The Balaban J connectivity index is 2.50. The minimum Gasteiger partial charge on any atom is -0.385 e. The zero-order chi connectivity index (χ0) is 14.3. The summed E-state index contributed by atoms with van der Waals surface area (Å²) in [5, 5.41) is 0. The molecule has 0 saturated carbocycles. The van der Waals surface area contributed by atoms with Gasteiger partial charge in [0.25, 0.3) is 0 Å². The Morgan fingerprint density at radius 1 is 1.37 bits per heavy atom. The zero-order valence-electron chi connectivity index (χ0n) is 10.7. The number of methoxy groups -OCH3 is 1. The lowest BCUT2D eigenvalue weighted by molar-refractivity contribution is -0.137. The Bertz CT molecular complexity index is 384. The summed E-state index contributed by atoms with van der Waals surface area (Å²) in [4.78, 5) is 0. The molecule has 0 bridgehead atoms. The second-order valence-corrected chi connectivity index (χ2v) is 5.30. The van der Waals surface area contributed by atoms with Gasteiger partial charge in [-0.25, -0.2) is 0 Å². The van der Waals surface area contributed by atoms with Crippen LogP contribution in [0.1, 0.15) is 23.6 Å². The fourth-order valence-corrected chi connectivity index (χ4v) is 2.49. The van der Waals surface area contributed by atoms with E-state index >= 15 is 0 Å². The largest absolute Gasteiger partial charge is 0.416 e. The summed E-state index contributed by atoms with van der Waals surface area (Å²) in [6, 6.07) is 4.83. The van der Waals surface area contributed by atoms with Gasteiger partial charge in [-0.3, -0.25) is 0 Å². The van der Waals surface area contributed by atoms with Gasteiger partial charge < -0.3 is 10.5 Å². The second-order valence-electron chi connectivity index (χ2n) is 4.15. The van der Waals surface area contributed by atoms with Crippen LogP contribution in [0.4, 0.5) is 13.2 Å². The first-order chi connectivity index (χ1) is 8.95. The molecule has 6 heteroatoms. The van der Waals surface area contributed by atoms with Crippen LogP contribution in [-0.4, -0.2) is 25.2 Å². The third-order valence-corrected chi connectivity index (χ3v) is 3.75. The molecule has 0 aliphatic heterocycles. The maximum atomic E-state index is 12.6. The number of rotatable bonds is 7. The highest BCUT2D eigenvalue weighted by Gasteiger charge is 2.30. The topological polar surface area (TPSA) is 35.2 Å². The van der Waals surface area contributed by atoms with E-state index in [-0.39, 0.29) is 6.04 Å². The maximum absolute atomic E-state index is 12.6. The average molecular weight is 293 g/mol. The van der Waals surface area contributed by atoms with Crippen LogP contribution in [0.5, 0.6) is 0 Å². The molecule has 19 heavy (non-hydrogen) atoms. The van der Waals surface area contributed by atoms with E-state index in [9.17, 15) is 13.2 Å². The summed E-state index contributed by atoms with van der Waals surface area (Å²) in [7, 11) is 1.64. The van der Waals surface area contributed by atoms with E-state index in [1.165, 1.54) is 6.07 Å². The highest BCUT2D eigenvalue weighted by molar-refractivity contribution is 7.99. The molecule has 0 aromatic heterocycles. The number of ether oxygens (including phenoxy) is 1. The maximum Gasteiger partial charge on any atom is 0.416 e. The van der Waals surface area contributed by atoms with Gasteiger partial charge in [-0.15, -0.1) is 0 Å². The first-order valence-electron chi connectivity index (χ1n) is 5.94. The Labute approximate surface area is 115 Å². The second kappa shape index (κ2) is 7.77. The van der Waals surface area contributed by atoms with E-state index in [1.54, 1.807) is 24.9 Å². The molecule has 0 spiro atoms. The summed E-state index contributed by atoms with van der Waals surface area (Å²) in [5.74, 6) is 1.49. The molecule has 2 N–H and O–H groups in total. The summed E-state index contributed by atoms with van der Waals surface area (Å²) >= 11 is 1.62. The summed E-state index contributed by atoms with van der Waals surface area (Å²) in [6.07, 6.45) is -3.40. The third kappa shape index (κ3) is 5.84. The lowest BCUT2D eigenvalue weighted by Gasteiger charge is -2.14. The van der Waals surface area contributed by atoms with E-state index in [0.717, 1.165) is 24.3 Å². The van der Waals surface area contributed by atoms with Gasteiger partial charge in [0.05, 0.1) is 5.56 Å². The number of nitrogens with two attached hydrogens (primary N) is 1. The van der Waals surface area contributed by atoms with Gasteiger partial charge in [-0.2, -0.15) is 24.9 Å². The highest BCUT2D eigenvalue weighted by Crippen LogP contribution is 2.30. The van der Waals surface area contributed by atoms with Crippen molar-refractivity contribution in [2.45, 2.75) is 18.6 Å². The Hall–Kier alpha value is -0.720. The van der Waals surface area contributed by atoms with Crippen LogP contribution in [0.2, 0.25) is 0 Å². The van der Waals surface area contributed by atoms with Gasteiger partial charge in [0.1, 0.15) is 0 Å². The molecule has 0 aliphatic rings. The van der Waals surface area contributed by atoms with E-state index in [1.807, 2.05) is 0 Å². The van der Waals surface area contributed by atoms with Crippen molar-refractivity contribution in [2.75, 3.05) is 25.2 Å². The lowest BCUT2D eigenvalue weighted by Crippen LogP contribution is -2.15. The zero-order valence-corrected chi connectivity index (χ0v) is 11.6. The number of hydrogen-bond acceptors (Lipinski definition) is 3. The van der Waals surface area contributed by atoms with Gasteiger partial charge in [0, 0.05) is 25.5 Å². The molecule has 0 fully saturated rings. The molecule has 1 unspecified atom stereocenters. The van der Waals surface area contributed by atoms with E-state index in [2.05, 4.69) is 0 Å². The van der Waals surface area contributed by atoms with Crippen molar-refractivity contribution in [2.24, 2.45) is 5.73 Å². The first-order valence-corrected chi connectivity index (χ1v) is 7.10. The van der Waals surface area contributed by atoms with Crippen molar-refractivity contribution in [1.82, 2.24) is 0 Å². The smallest absolute Gasteiger partial charge is 0.385 e. The Morgan fingerprint density at radius 3 is 2.74 bits per heavy atom. The number of halogens is 3. The lowest BCUT2D eigenvalue weighted by atomic mass is 10.1. The highest BCUT2D eigenvalue weighted by atomic mass is 32.2. The molecule has 0 aliphatic carbocycles. The molecule has 108 valence electrons. The van der Waals surface area contributed by atoms with Crippen LogP contribution >= 0.6 is 11.8 Å². The number of hydrogen-bond donors (Lipinski definition) is 1. The van der Waals surface area contributed by atoms with Crippen LogP contribution in [-0.2, 0) is 10.9 Å². The van der Waals surface area contributed by atoms with Crippen molar-refractivity contribution in [1.29, 1.82) is 0 Å². The van der Waals surface area contributed by atoms with E-state index in [4.69, 9.17) is 10.5 Å². The molecule has 2 nitrogen and oxygen atoms in total. The van der Waals surface area contributed by atoms with Gasteiger partial charge in [0.2, 0.25) is 0 Å². The minimum absolute atomic E-state index is 0.380. The Kier molecular flexibility index (Phi) is 6.68. The minimum atomic E-state index is -4.32. The van der Waals surface area contributed by atoms with Gasteiger partial charge in [-0.1, -0.05) is 12.1 Å². The normalized spacial score (nSPS) is 13.5. The molecule has 0 radical (unpaired) electrons. The Morgan fingerprint density at radius 2 is 2.11 bits per heavy atom. The van der Waals surface area contributed by atoms with Crippen LogP contribution < -0.4 is 5.73 Å². The monoisotopic (exact) mass is 293 g/mol. The van der Waals surface area contributed by atoms with Crippen LogP contribution in [0.3, 0.4) is 0 Å².